The van der Waals surface area contributed by atoms with Crippen LogP contribution in [0.1, 0.15) is 39.0 Å². The summed E-state index contributed by atoms with van der Waals surface area (Å²) in [6, 6.07) is 3.83. The third kappa shape index (κ3) is 3.48. The summed E-state index contributed by atoms with van der Waals surface area (Å²) in [5, 5.41) is 19.1. The molecule has 0 amide bonds. The van der Waals surface area contributed by atoms with Gasteiger partial charge in [0.1, 0.15) is 0 Å². The first-order valence-electron chi connectivity index (χ1n) is 7.13. The molecule has 1 unspecified atom stereocenters. The summed E-state index contributed by atoms with van der Waals surface area (Å²) in [5.41, 5.74) is 1.39. The first kappa shape index (κ1) is 15.2. The molecule has 1 aromatic heterocycles. The number of aliphatic hydroxyl groups excluding tert-OH is 2. The fourth-order valence-electron chi connectivity index (χ4n) is 2.58. The van der Waals surface area contributed by atoms with Crippen molar-refractivity contribution < 1.29 is 14.9 Å². The van der Waals surface area contributed by atoms with Crippen molar-refractivity contribution in [2.24, 2.45) is 0 Å². The second-order valence-electron chi connectivity index (χ2n) is 5.93. The maximum absolute atomic E-state index is 9.76. The lowest BCUT2D eigenvalue weighted by Crippen LogP contribution is -2.54. The summed E-state index contributed by atoms with van der Waals surface area (Å²) in [6.07, 6.45) is 1.75. The Kier molecular flexibility index (Phi) is 4.62. The van der Waals surface area contributed by atoms with E-state index in [1.54, 1.807) is 6.20 Å². The van der Waals surface area contributed by atoms with Gasteiger partial charge in [0, 0.05) is 13.1 Å². The van der Waals surface area contributed by atoms with Crippen LogP contribution >= 0.6 is 0 Å². The highest BCUT2D eigenvalue weighted by Crippen LogP contribution is 2.26. The van der Waals surface area contributed by atoms with Crippen LogP contribution in [0.5, 0.6) is 0 Å². The Bertz CT molecular complexity index is 433. The van der Waals surface area contributed by atoms with Gasteiger partial charge in [0.05, 0.1) is 42.0 Å². The molecule has 2 atom stereocenters. The topological polar surface area (TPSA) is 65.8 Å². The molecule has 0 aromatic carbocycles. The summed E-state index contributed by atoms with van der Waals surface area (Å²) in [7, 11) is 0. The van der Waals surface area contributed by atoms with E-state index in [0.29, 0.717) is 18.7 Å². The molecular weight excluding hydrogens is 256 g/mol. The van der Waals surface area contributed by atoms with E-state index in [9.17, 15) is 10.2 Å². The minimum atomic E-state index is -0.504. The average Bonchev–Trinajstić information content (AvgIpc) is 2.44. The van der Waals surface area contributed by atoms with Crippen molar-refractivity contribution in [2.75, 3.05) is 24.6 Å². The SMILES string of the molecule is CC[C@@H](O)c1ccc(N2CC(CO)OC(C)(C)C2)cn1. The Hall–Kier alpha value is -1.17. The van der Waals surface area contributed by atoms with E-state index >= 15 is 0 Å². The van der Waals surface area contributed by atoms with Crippen LogP contribution in [0.2, 0.25) is 0 Å². The van der Waals surface area contributed by atoms with Crippen LogP contribution in [0.15, 0.2) is 18.3 Å². The maximum atomic E-state index is 9.76. The van der Waals surface area contributed by atoms with Crippen molar-refractivity contribution in [1.82, 2.24) is 4.98 Å². The second-order valence-corrected chi connectivity index (χ2v) is 5.93. The van der Waals surface area contributed by atoms with Gasteiger partial charge in [-0.05, 0) is 32.4 Å². The number of rotatable bonds is 4. The van der Waals surface area contributed by atoms with Gasteiger partial charge < -0.3 is 19.8 Å². The highest BCUT2D eigenvalue weighted by Gasteiger charge is 2.33. The largest absolute Gasteiger partial charge is 0.394 e. The predicted octanol–water partition coefficient (Wildman–Crippen LogP) is 1.50. The fourth-order valence-corrected chi connectivity index (χ4v) is 2.58. The van der Waals surface area contributed by atoms with Gasteiger partial charge in [0.25, 0.3) is 0 Å². The van der Waals surface area contributed by atoms with Crippen molar-refractivity contribution in [3.05, 3.63) is 24.0 Å². The third-order valence-corrected chi connectivity index (χ3v) is 3.55. The number of anilines is 1. The number of ether oxygens (including phenoxy) is 1. The van der Waals surface area contributed by atoms with Gasteiger partial charge in [-0.25, -0.2) is 0 Å². The summed E-state index contributed by atoms with van der Waals surface area (Å²) >= 11 is 0. The number of aromatic nitrogens is 1. The Labute approximate surface area is 120 Å². The van der Waals surface area contributed by atoms with Crippen LogP contribution in [0.3, 0.4) is 0 Å². The molecule has 1 aliphatic rings. The van der Waals surface area contributed by atoms with Crippen LogP contribution in [0.25, 0.3) is 0 Å². The van der Waals surface area contributed by atoms with Crippen LogP contribution in [-0.4, -0.2) is 46.6 Å². The van der Waals surface area contributed by atoms with Gasteiger partial charge >= 0.3 is 0 Å². The number of morpholine rings is 1. The van der Waals surface area contributed by atoms with Gasteiger partial charge in [-0.3, -0.25) is 4.98 Å². The molecule has 0 bridgehead atoms. The minimum absolute atomic E-state index is 0.0139. The van der Waals surface area contributed by atoms with E-state index in [4.69, 9.17) is 4.74 Å². The first-order chi connectivity index (χ1) is 9.45. The Morgan fingerprint density at radius 3 is 2.80 bits per heavy atom. The van der Waals surface area contributed by atoms with Crippen molar-refractivity contribution >= 4 is 5.69 Å². The van der Waals surface area contributed by atoms with Crippen molar-refractivity contribution in [3.63, 3.8) is 0 Å². The molecule has 5 heteroatoms. The van der Waals surface area contributed by atoms with E-state index in [1.165, 1.54) is 0 Å². The molecule has 1 aromatic rings. The standard InChI is InChI=1S/C15H24N2O3/c1-4-14(19)13-6-5-11(7-16-13)17-8-12(9-18)20-15(2,3)10-17/h5-7,12,14,18-19H,4,8-10H2,1-3H3/t12?,14-/m1/s1. The first-order valence-corrected chi connectivity index (χ1v) is 7.13. The number of nitrogens with zero attached hydrogens (tertiary/aromatic N) is 2. The molecule has 1 aliphatic heterocycles. The van der Waals surface area contributed by atoms with E-state index in [2.05, 4.69) is 9.88 Å². The molecule has 1 saturated heterocycles. The normalized spacial score (nSPS) is 23.6. The lowest BCUT2D eigenvalue weighted by molar-refractivity contribution is -0.101. The van der Waals surface area contributed by atoms with Gasteiger partial charge in [-0.1, -0.05) is 6.92 Å². The molecule has 20 heavy (non-hydrogen) atoms. The van der Waals surface area contributed by atoms with E-state index < -0.39 is 6.10 Å². The summed E-state index contributed by atoms with van der Waals surface area (Å²) in [4.78, 5) is 6.49. The van der Waals surface area contributed by atoms with E-state index in [0.717, 1.165) is 12.2 Å². The van der Waals surface area contributed by atoms with Crippen molar-refractivity contribution in [3.8, 4) is 0 Å². The minimum Gasteiger partial charge on any atom is -0.394 e. The monoisotopic (exact) mass is 280 g/mol. The Balaban J connectivity index is 2.14. The smallest absolute Gasteiger partial charge is 0.0988 e. The van der Waals surface area contributed by atoms with E-state index in [-0.39, 0.29) is 18.3 Å². The highest BCUT2D eigenvalue weighted by atomic mass is 16.5. The maximum Gasteiger partial charge on any atom is 0.0988 e. The zero-order chi connectivity index (χ0) is 14.8. The van der Waals surface area contributed by atoms with Crippen LogP contribution in [-0.2, 0) is 4.74 Å². The molecule has 0 radical (unpaired) electrons. The zero-order valence-electron chi connectivity index (χ0n) is 12.4. The van der Waals surface area contributed by atoms with E-state index in [1.807, 2.05) is 32.9 Å². The van der Waals surface area contributed by atoms with Gasteiger partial charge in [-0.2, -0.15) is 0 Å². The molecule has 0 saturated carbocycles. The average molecular weight is 280 g/mol. The fraction of sp³-hybridized carbons (Fsp3) is 0.667. The third-order valence-electron chi connectivity index (χ3n) is 3.55. The quantitative estimate of drug-likeness (QED) is 0.875. The molecule has 2 heterocycles. The van der Waals surface area contributed by atoms with Gasteiger partial charge in [0.2, 0.25) is 0 Å². The Morgan fingerprint density at radius 2 is 2.25 bits per heavy atom. The van der Waals surface area contributed by atoms with Crippen molar-refractivity contribution in [1.29, 1.82) is 0 Å². The molecular formula is C15H24N2O3. The molecule has 2 N–H and O–H groups in total. The lowest BCUT2D eigenvalue weighted by atomic mass is 10.0. The molecule has 0 spiro atoms. The lowest BCUT2D eigenvalue weighted by Gasteiger charge is -2.43. The van der Waals surface area contributed by atoms with Gasteiger partial charge in [0.15, 0.2) is 0 Å². The molecule has 1 fully saturated rings. The zero-order valence-corrected chi connectivity index (χ0v) is 12.4. The summed E-state index contributed by atoms with van der Waals surface area (Å²) < 4.78 is 5.80. The molecule has 0 aliphatic carbocycles. The predicted molar refractivity (Wildman–Crippen MR) is 77.7 cm³/mol. The number of hydrogen-bond acceptors (Lipinski definition) is 5. The number of aliphatic hydroxyl groups is 2. The number of hydrogen-bond donors (Lipinski definition) is 2. The molecule has 5 nitrogen and oxygen atoms in total. The van der Waals surface area contributed by atoms with Crippen molar-refractivity contribution in [2.45, 2.75) is 45.0 Å². The summed E-state index contributed by atoms with van der Waals surface area (Å²) in [6.45, 7) is 7.38. The van der Waals surface area contributed by atoms with Crippen LogP contribution in [0, 0.1) is 0 Å². The Morgan fingerprint density at radius 1 is 1.50 bits per heavy atom. The summed E-state index contributed by atoms with van der Waals surface area (Å²) in [5.74, 6) is 0. The van der Waals surface area contributed by atoms with Crippen LogP contribution in [0.4, 0.5) is 5.69 Å². The molecule has 112 valence electrons. The van der Waals surface area contributed by atoms with Crippen LogP contribution < -0.4 is 4.90 Å². The number of pyridine rings is 1. The van der Waals surface area contributed by atoms with Gasteiger partial charge in [-0.15, -0.1) is 0 Å². The second kappa shape index (κ2) is 6.08. The molecule has 2 rings (SSSR count). The highest BCUT2D eigenvalue weighted by molar-refractivity contribution is 5.46.